The minimum Gasteiger partial charge on any atom is -0.437 e. The number of likely N-dealkylation sites (N-methyl/N-ethyl adjacent to an activating group) is 1. The van der Waals surface area contributed by atoms with Crippen molar-refractivity contribution in [3.63, 3.8) is 0 Å². The Morgan fingerprint density at radius 3 is 2.72 bits per heavy atom. The van der Waals surface area contributed by atoms with Crippen LogP contribution >= 0.6 is 0 Å². The zero-order valence-corrected chi connectivity index (χ0v) is 10.4. The zero-order valence-electron chi connectivity index (χ0n) is 10.4. The number of ether oxygens (including phenoxy) is 1. The molecule has 0 bridgehead atoms. The highest BCUT2D eigenvalue weighted by Crippen LogP contribution is 2.28. The molecule has 0 aromatic heterocycles. The van der Waals surface area contributed by atoms with Gasteiger partial charge in [0.25, 0.3) is 0 Å². The number of hydrogen-bond acceptors (Lipinski definition) is 5. The summed E-state index contributed by atoms with van der Waals surface area (Å²) >= 11 is 0. The lowest BCUT2D eigenvalue weighted by Gasteiger charge is -2.34. The lowest BCUT2D eigenvalue weighted by Crippen LogP contribution is -2.51. The van der Waals surface area contributed by atoms with E-state index in [1.165, 1.54) is 0 Å². The molecule has 2 aliphatic heterocycles. The van der Waals surface area contributed by atoms with Crippen LogP contribution in [-0.2, 0) is 4.74 Å². The quantitative estimate of drug-likeness (QED) is 0.776. The van der Waals surface area contributed by atoms with Gasteiger partial charge in [-0.15, -0.1) is 0 Å². The molecule has 3 rings (SSSR count). The van der Waals surface area contributed by atoms with Gasteiger partial charge in [0.15, 0.2) is 6.23 Å². The lowest BCUT2D eigenvalue weighted by molar-refractivity contribution is -0.0123. The van der Waals surface area contributed by atoms with Crippen molar-refractivity contribution in [2.24, 2.45) is 0 Å². The number of carbonyl (C=O) groups is 1. The Balaban J connectivity index is 1.70. The first-order valence-electron chi connectivity index (χ1n) is 6.23. The van der Waals surface area contributed by atoms with Crippen LogP contribution in [0.5, 0.6) is 0 Å². The summed E-state index contributed by atoms with van der Waals surface area (Å²) in [5.74, 6) is -0.239. The number of nitrogens with one attached hydrogen (secondary N) is 1. The maximum absolute atomic E-state index is 11.7. The minimum absolute atomic E-state index is 0.239. The van der Waals surface area contributed by atoms with Crippen LogP contribution in [0.1, 0.15) is 22.1 Å². The number of piperazine rings is 1. The van der Waals surface area contributed by atoms with E-state index >= 15 is 0 Å². The van der Waals surface area contributed by atoms with Crippen LogP contribution in [0.2, 0.25) is 0 Å². The van der Waals surface area contributed by atoms with E-state index in [1.807, 2.05) is 24.3 Å². The maximum atomic E-state index is 11.7. The summed E-state index contributed by atoms with van der Waals surface area (Å²) in [5, 5.41) is 2.13. The number of nitrogens with zero attached hydrogens (tertiary/aromatic N) is 2. The van der Waals surface area contributed by atoms with E-state index in [-0.39, 0.29) is 12.2 Å². The first-order valence-corrected chi connectivity index (χ1v) is 6.23. The number of benzene rings is 1. The Bertz CT molecular complexity index is 455. The first kappa shape index (κ1) is 11.6. The number of esters is 1. The highest BCUT2D eigenvalue weighted by molar-refractivity contribution is 5.93. The molecule has 18 heavy (non-hydrogen) atoms. The van der Waals surface area contributed by atoms with Crippen molar-refractivity contribution in [2.45, 2.75) is 6.23 Å². The smallest absolute Gasteiger partial charge is 0.340 e. The fourth-order valence-electron chi connectivity index (χ4n) is 2.34. The molecule has 1 saturated heterocycles. The molecule has 0 radical (unpaired) electrons. The van der Waals surface area contributed by atoms with Gasteiger partial charge < -0.3 is 9.64 Å². The van der Waals surface area contributed by atoms with E-state index in [9.17, 15) is 4.79 Å². The molecule has 5 heteroatoms. The lowest BCUT2D eigenvalue weighted by atomic mass is 10.1. The normalized spacial score (nSPS) is 24.9. The summed E-state index contributed by atoms with van der Waals surface area (Å²) < 4.78 is 5.36. The molecule has 1 N–H and O–H groups in total. The fourth-order valence-corrected chi connectivity index (χ4v) is 2.34. The SMILES string of the molecule is CN1CCN(NC2OC(=O)c3ccccc32)CC1. The Labute approximate surface area is 106 Å². The van der Waals surface area contributed by atoms with Gasteiger partial charge in [0.05, 0.1) is 5.56 Å². The third-order valence-electron chi connectivity index (χ3n) is 3.49. The molecule has 0 spiro atoms. The van der Waals surface area contributed by atoms with E-state index in [4.69, 9.17) is 4.74 Å². The molecule has 1 fully saturated rings. The Morgan fingerprint density at radius 2 is 1.94 bits per heavy atom. The van der Waals surface area contributed by atoms with Crippen LogP contribution in [0.15, 0.2) is 24.3 Å². The van der Waals surface area contributed by atoms with Crippen molar-refractivity contribution in [1.29, 1.82) is 0 Å². The first-order chi connectivity index (χ1) is 8.74. The summed E-state index contributed by atoms with van der Waals surface area (Å²) in [6.07, 6.45) is -0.336. The molecule has 0 aliphatic carbocycles. The zero-order chi connectivity index (χ0) is 12.5. The van der Waals surface area contributed by atoms with Gasteiger partial charge in [-0.3, -0.25) is 0 Å². The van der Waals surface area contributed by atoms with E-state index in [2.05, 4.69) is 22.4 Å². The predicted octanol–water partition coefficient (Wildman–Crippen LogP) is 0.608. The van der Waals surface area contributed by atoms with Crippen LogP contribution in [0, 0.1) is 0 Å². The standard InChI is InChI=1S/C13H17N3O2/c1-15-6-8-16(9-7-15)14-12-10-4-2-3-5-11(10)13(17)18-12/h2-5,12,14H,6-9H2,1H3. The average molecular weight is 247 g/mol. The topological polar surface area (TPSA) is 44.8 Å². The van der Waals surface area contributed by atoms with Crippen molar-refractivity contribution in [3.05, 3.63) is 35.4 Å². The molecule has 0 saturated carbocycles. The van der Waals surface area contributed by atoms with Crippen LogP contribution in [0.25, 0.3) is 0 Å². The monoisotopic (exact) mass is 247 g/mol. The fraction of sp³-hybridized carbons (Fsp3) is 0.462. The molecule has 5 nitrogen and oxygen atoms in total. The Morgan fingerprint density at radius 1 is 1.22 bits per heavy atom. The van der Waals surface area contributed by atoms with Gasteiger partial charge in [-0.05, 0) is 13.1 Å². The second kappa shape index (κ2) is 4.68. The van der Waals surface area contributed by atoms with Crippen molar-refractivity contribution in [2.75, 3.05) is 33.2 Å². The second-order valence-electron chi connectivity index (χ2n) is 4.79. The Hall–Kier alpha value is -1.43. The van der Waals surface area contributed by atoms with Crippen molar-refractivity contribution in [3.8, 4) is 0 Å². The van der Waals surface area contributed by atoms with E-state index in [0.717, 1.165) is 31.7 Å². The maximum Gasteiger partial charge on any atom is 0.340 e. The van der Waals surface area contributed by atoms with Crippen molar-refractivity contribution in [1.82, 2.24) is 15.3 Å². The van der Waals surface area contributed by atoms with Gasteiger partial charge in [0, 0.05) is 31.7 Å². The number of rotatable bonds is 2. The van der Waals surface area contributed by atoms with Crippen LogP contribution in [-0.4, -0.2) is 49.1 Å². The van der Waals surface area contributed by atoms with Gasteiger partial charge in [-0.2, -0.15) is 0 Å². The largest absolute Gasteiger partial charge is 0.437 e. The van der Waals surface area contributed by atoms with Crippen molar-refractivity contribution < 1.29 is 9.53 Å². The molecule has 1 atom stereocenters. The predicted molar refractivity (Wildman–Crippen MR) is 66.8 cm³/mol. The third kappa shape index (κ3) is 2.12. The molecule has 1 aromatic rings. The molecule has 0 amide bonds. The van der Waals surface area contributed by atoms with Gasteiger partial charge in [0.1, 0.15) is 0 Å². The van der Waals surface area contributed by atoms with E-state index in [0.29, 0.717) is 5.56 Å². The summed E-state index contributed by atoms with van der Waals surface area (Å²) in [4.78, 5) is 14.0. The summed E-state index contributed by atoms with van der Waals surface area (Å²) in [6, 6.07) is 7.54. The molecule has 2 aliphatic rings. The third-order valence-corrected chi connectivity index (χ3v) is 3.49. The highest BCUT2D eigenvalue weighted by Gasteiger charge is 2.31. The summed E-state index contributed by atoms with van der Waals surface area (Å²) in [5.41, 5.74) is 4.89. The van der Waals surface area contributed by atoms with Gasteiger partial charge in [0.2, 0.25) is 0 Å². The summed E-state index contributed by atoms with van der Waals surface area (Å²) in [7, 11) is 2.11. The number of hydrogen-bond donors (Lipinski definition) is 1. The van der Waals surface area contributed by atoms with Crippen LogP contribution in [0.4, 0.5) is 0 Å². The molecule has 96 valence electrons. The number of carbonyl (C=O) groups excluding carboxylic acids is 1. The minimum atomic E-state index is -0.336. The van der Waals surface area contributed by atoms with Crippen LogP contribution < -0.4 is 5.43 Å². The van der Waals surface area contributed by atoms with E-state index < -0.39 is 0 Å². The molecular weight excluding hydrogens is 230 g/mol. The van der Waals surface area contributed by atoms with Crippen LogP contribution in [0.3, 0.4) is 0 Å². The van der Waals surface area contributed by atoms with Gasteiger partial charge in [-0.1, -0.05) is 18.2 Å². The second-order valence-corrected chi connectivity index (χ2v) is 4.79. The number of fused-ring (bicyclic) bond motifs is 1. The van der Waals surface area contributed by atoms with Gasteiger partial charge in [-0.25, -0.2) is 15.2 Å². The molecular formula is C13H17N3O2. The van der Waals surface area contributed by atoms with E-state index in [1.54, 1.807) is 0 Å². The highest BCUT2D eigenvalue weighted by atomic mass is 16.6. The molecule has 2 heterocycles. The molecule has 1 aromatic carbocycles. The van der Waals surface area contributed by atoms with Gasteiger partial charge >= 0.3 is 5.97 Å². The summed E-state index contributed by atoms with van der Waals surface area (Å²) in [6.45, 7) is 3.92. The number of cyclic esters (lactones) is 1. The molecule has 1 unspecified atom stereocenters. The average Bonchev–Trinajstić information content (AvgIpc) is 2.70. The Kier molecular flexibility index (Phi) is 3.03. The van der Waals surface area contributed by atoms with Crippen molar-refractivity contribution >= 4 is 5.97 Å². The number of hydrazine groups is 1.